The van der Waals surface area contributed by atoms with Gasteiger partial charge in [-0.25, -0.2) is 4.79 Å². The molecule has 0 bridgehead atoms. The van der Waals surface area contributed by atoms with Crippen molar-refractivity contribution >= 4 is 17.8 Å². The Morgan fingerprint density at radius 3 is 2.35 bits per heavy atom. The van der Waals surface area contributed by atoms with Gasteiger partial charge in [-0.15, -0.1) is 0 Å². The molecule has 2 rings (SSSR count). The molecule has 1 saturated heterocycles. The maximum Gasteiger partial charge on any atom is 0.331 e. The summed E-state index contributed by atoms with van der Waals surface area (Å²) in [6.07, 6.45) is -0.173. The number of amides is 4. The monoisotopic (exact) mass is 232 g/mol. The number of carbonyl (C=O) groups is 3. The number of likely N-dealkylation sites (tertiary alicyclic amines) is 1. The molecule has 1 atom stereocenters. The summed E-state index contributed by atoms with van der Waals surface area (Å²) in [5.41, 5.74) is 0.918. The number of hydrogen-bond acceptors (Lipinski definition) is 3. The second-order valence-electron chi connectivity index (χ2n) is 3.88. The van der Waals surface area contributed by atoms with Crippen LogP contribution >= 0.6 is 0 Å². The van der Waals surface area contributed by atoms with Crippen molar-refractivity contribution in [1.29, 1.82) is 0 Å². The minimum absolute atomic E-state index is 0.173. The van der Waals surface area contributed by atoms with E-state index in [0.717, 1.165) is 5.56 Å². The van der Waals surface area contributed by atoms with Crippen molar-refractivity contribution in [3.63, 3.8) is 0 Å². The Bertz CT molecular complexity index is 456. The van der Waals surface area contributed by atoms with Crippen LogP contribution in [0.3, 0.4) is 0 Å². The molecule has 1 unspecified atom stereocenters. The van der Waals surface area contributed by atoms with Gasteiger partial charge >= 0.3 is 6.03 Å². The molecular weight excluding hydrogens is 220 g/mol. The summed E-state index contributed by atoms with van der Waals surface area (Å²) in [7, 11) is 0. The van der Waals surface area contributed by atoms with Crippen molar-refractivity contribution in [2.45, 2.75) is 19.4 Å². The fourth-order valence-electron chi connectivity index (χ4n) is 1.64. The van der Waals surface area contributed by atoms with E-state index in [0.29, 0.717) is 4.90 Å². The number of β-lactam (4-membered cyclic amide) rings is 2. The van der Waals surface area contributed by atoms with E-state index in [-0.39, 0.29) is 12.5 Å². The average Bonchev–Trinajstić information content (AvgIpc) is 2.29. The molecule has 5 heteroatoms. The number of imide groups is 3. The number of nitrogens with one attached hydrogen (secondary N) is 1. The van der Waals surface area contributed by atoms with Gasteiger partial charge in [-0.1, -0.05) is 30.3 Å². The number of urea groups is 1. The van der Waals surface area contributed by atoms with Gasteiger partial charge in [0.25, 0.3) is 0 Å². The molecular formula is C12H12N2O3. The lowest BCUT2D eigenvalue weighted by Crippen LogP contribution is -2.56. The summed E-state index contributed by atoms with van der Waals surface area (Å²) in [6, 6.07) is 8.43. The zero-order valence-electron chi connectivity index (χ0n) is 9.34. The van der Waals surface area contributed by atoms with Crippen LogP contribution in [0.25, 0.3) is 0 Å². The van der Waals surface area contributed by atoms with E-state index in [9.17, 15) is 14.4 Å². The largest absolute Gasteiger partial charge is 0.331 e. The van der Waals surface area contributed by atoms with Crippen LogP contribution in [-0.4, -0.2) is 22.7 Å². The first kappa shape index (κ1) is 11.3. The molecule has 1 aliphatic heterocycles. The summed E-state index contributed by atoms with van der Waals surface area (Å²) in [6.45, 7) is 1.79. The molecule has 1 aliphatic rings. The van der Waals surface area contributed by atoms with Crippen LogP contribution in [0.1, 0.15) is 24.9 Å². The lowest BCUT2D eigenvalue weighted by Gasteiger charge is -2.27. The van der Waals surface area contributed by atoms with E-state index in [2.05, 4.69) is 5.32 Å². The molecule has 88 valence electrons. The van der Waals surface area contributed by atoms with Crippen molar-refractivity contribution in [2.75, 3.05) is 0 Å². The van der Waals surface area contributed by atoms with Gasteiger partial charge < -0.3 is 5.32 Å². The van der Waals surface area contributed by atoms with E-state index >= 15 is 0 Å². The third kappa shape index (κ3) is 2.18. The molecule has 1 heterocycles. The first-order valence-corrected chi connectivity index (χ1v) is 5.31. The lowest BCUT2D eigenvalue weighted by atomic mass is 10.1. The Morgan fingerprint density at radius 2 is 1.82 bits per heavy atom. The molecule has 1 aromatic carbocycles. The van der Waals surface area contributed by atoms with Crippen LogP contribution in [-0.2, 0) is 9.59 Å². The fourth-order valence-corrected chi connectivity index (χ4v) is 1.64. The van der Waals surface area contributed by atoms with E-state index in [1.165, 1.54) is 0 Å². The number of hydrogen-bond donors (Lipinski definition) is 1. The summed E-state index contributed by atoms with van der Waals surface area (Å²) in [5, 5.41) is 2.60. The van der Waals surface area contributed by atoms with Crippen LogP contribution in [0.2, 0.25) is 0 Å². The highest BCUT2D eigenvalue weighted by atomic mass is 16.2. The Hall–Kier alpha value is -2.17. The molecule has 1 aromatic rings. The molecule has 1 fully saturated rings. The molecule has 0 aliphatic carbocycles. The van der Waals surface area contributed by atoms with Crippen molar-refractivity contribution in [3.8, 4) is 0 Å². The highest BCUT2D eigenvalue weighted by Gasteiger charge is 2.39. The fraction of sp³-hybridized carbons (Fsp3) is 0.250. The molecule has 4 amide bonds. The number of rotatable bonds is 2. The molecule has 17 heavy (non-hydrogen) atoms. The molecule has 5 nitrogen and oxygen atoms in total. The van der Waals surface area contributed by atoms with E-state index < -0.39 is 17.8 Å². The van der Waals surface area contributed by atoms with Crippen molar-refractivity contribution < 1.29 is 14.4 Å². The standard InChI is InChI=1S/C12H12N2O3/c1-8(9-5-3-2-4-6-9)13-12(17)14-10(15)7-11(14)16/h2-6,8H,7H2,1H3,(H,13,17). The first-order valence-electron chi connectivity index (χ1n) is 5.31. The van der Waals surface area contributed by atoms with E-state index in [4.69, 9.17) is 0 Å². The first-order chi connectivity index (χ1) is 8.09. The SMILES string of the molecule is CC(NC(=O)N1C(=O)CC1=O)c1ccccc1. The van der Waals surface area contributed by atoms with Gasteiger partial charge in [0.05, 0.1) is 6.04 Å². The molecule has 0 spiro atoms. The van der Waals surface area contributed by atoms with Gasteiger partial charge in [0, 0.05) is 0 Å². The van der Waals surface area contributed by atoms with Gasteiger partial charge in [-0.05, 0) is 12.5 Å². The minimum Gasteiger partial charge on any atom is -0.331 e. The van der Waals surface area contributed by atoms with Gasteiger partial charge in [-0.2, -0.15) is 4.90 Å². The van der Waals surface area contributed by atoms with Crippen LogP contribution in [0, 0.1) is 0 Å². The molecule has 0 aromatic heterocycles. The summed E-state index contributed by atoms with van der Waals surface area (Å²) < 4.78 is 0. The Morgan fingerprint density at radius 1 is 1.24 bits per heavy atom. The van der Waals surface area contributed by atoms with E-state index in [1.807, 2.05) is 30.3 Å². The van der Waals surface area contributed by atoms with Crippen molar-refractivity contribution in [1.82, 2.24) is 10.2 Å². The number of benzene rings is 1. The van der Waals surface area contributed by atoms with Gasteiger partial charge in [0.2, 0.25) is 11.8 Å². The van der Waals surface area contributed by atoms with Crippen molar-refractivity contribution in [3.05, 3.63) is 35.9 Å². The van der Waals surface area contributed by atoms with Crippen LogP contribution in [0.5, 0.6) is 0 Å². The predicted octanol–water partition coefficient (Wildman–Crippen LogP) is 1.22. The third-order valence-electron chi connectivity index (χ3n) is 2.64. The van der Waals surface area contributed by atoms with Gasteiger partial charge in [0.1, 0.15) is 6.42 Å². The van der Waals surface area contributed by atoms with Crippen LogP contribution in [0.15, 0.2) is 30.3 Å². The quantitative estimate of drug-likeness (QED) is 0.615. The zero-order valence-corrected chi connectivity index (χ0v) is 9.34. The minimum atomic E-state index is -0.650. The lowest BCUT2D eigenvalue weighted by molar-refractivity contribution is -0.153. The zero-order chi connectivity index (χ0) is 12.4. The molecule has 0 saturated carbocycles. The summed E-state index contributed by atoms with van der Waals surface area (Å²) in [5.74, 6) is -0.902. The normalized spacial score (nSPS) is 16.4. The number of nitrogens with zero attached hydrogens (tertiary/aromatic N) is 1. The van der Waals surface area contributed by atoms with Gasteiger partial charge in [0.15, 0.2) is 0 Å². The van der Waals surface area contributed by atoms with Crippen LogP contribution in [0.4, 0.5) is 4.79 Å². The van der Waals surface area contributed by atoms with E-state index in [1.54, 1.807) is 6.92 Å². The summed E-state index contributed by atoms with van der Waals surface area (Å²) in [4.78, 5) is 34.3. The number of carbonyl (C=O) groups excluding carboxylic acids is 3. The Labute approximate surface area is 98.4 Å². The topological polar surface area (TPSA) is 66.5 Å². The predicted molar refractivity (Wildman–Crippen MR) is 59.9 cm³/mol. The molecule has 0 radical (unpaired) electrons. The molecule has 1 N–H and O–H groups in total. The smallest absolute Gasteiger partial charge is 0.331 e. The second-order valence-corrected chi connectivity index (χ2v) is 3.88. The second kappa shape index (κ2) is 4.37. The average molecular weight is 232 g/mol. The Kier molecular flexibility index (Phi) is 2.91. The maximum atomic E-state index is 11.6. The highest BCUT2D eigenvalue weighted by molar-refractivity contribution is 6.24. The van der Waals surface area contributed by atoms with Crippen molar-refractivity contribution in [2.24, 2.45) is 0 Å². The van der Waals surface area contributed by atoms with Gasteiger partial charge in [-0.3, -0.25) is 9.59 Å². The third-order valence-corrected chi connectivity index (χ3v) is 2.64. The van der Waals surface area contributed by atoms with Crippen LogP contribution < -0.4 is 5.32 Å². The maximum absolute atomic E-state index is 11.6. The Balaban J connectivity index is 2.00. The highest BCUT2D eigenvalue weighted by Crippen LogP contribution is 2.15. The summed E-state index contributed by atoms with van der Waals surface area (Å²) >= 11 is 0.